The molecule has 2 unspecified atom stereocenters. The van der Waals surface area contributed by atoms with Gasteiger partial charge < -0.3 is 15.6 Å². The molecule has 0 spiro atoms. The minimum absolute atomic E-state index is 0.0565. The van der Waals surface area contributed by atoms with Gasteiger partial charge in [-0.3, -0.25) is 0 Å². The first kappa shape index (κ1) is 14.8. The molecule has 3 N–H and O–H groups in total. The van der Waals surface area contributed by atoms with E-state index in [1.807, 2.05) is 13.8 Å². The first-order valence-electron chi connectivity index (χ1n) is 6.01. The Kier molecular flexibility index (Phi) is 4.16. The number of alkyl halides is 2. The second-order valence-corrected chi connectivity index (χ2v) is 5.73. The molecule has 0 bridgehead atoms. The number of aliphatic hydroxyl groups is 1. The smallest absolute Gasteiger partial charge is 0.249 e. The molecule has 0 amide bonds. The molecule has 0 aliphatic heterocycles. The number of hydrogen-bond acceptors (Lipinski definition) is 3. The Morgan fingerprint density at radius 2 is 2.00 bits per heavy atom. The fourth-order valence-corrected chi connectivity index (χ4v) is 2.13. The molecule has 0 saturated heterocycles. The lowest BCUT2D eigenvalue weighted by Crippen LogP contribution is -2.55. The van der Waals surface area contributed by atoms with E-state index in [-0.39, 0.29) is 18.4 Å². The molecule has 0 heterocycles. The van der Waals surface area contributed by atoms with Crippen LogP contribution in [0.1, 0.15) is 46.0 Å². The van der Waals surface area contributed by atoms with E-state index in [4.69, 9.17) is 10.5 Å². The highest BCUT2D eigenvalue weighted by molar-refractivity contribution is 4.98. The number of nitrogens with two attached hydrogens (primary N) is 1. The second kappa shape index (κ2) is 4.78. The minimum atomic E-state index is -2.73. The van der Waals surface area contributed by atoms with Crippen LogP contribution in [0.5, 0.6) is 0 Å². The van der Waals surface area contributed by atoms with Crippen molar-refractivity contribution in [2.24, 2.45) is 5.73 Å². The monoisotopic (exact) mass is 251 g/mol. The van der Waals surface area contributed by atoms with Gasteiger partial charge in [0.05, 0.1) is 11.2 Å². The lowest BCUT2D eigenvalue weighted by molar-refractivity contribution is -0.124. The van der Waals surface area contributed by atoms with Crippen LogP contribution >= 0.6 is 0 Å². The minimum Gasteiger partial charge on any atom is -0.388 e. The molecule has 2 atom stereocenters. The highest BCUT2D eigenvalue weighted by atomic mass is 19.3. The number of rotatable bonds is 4. The molecule has 1 rings (SSSR count). The van der Waals surface area contributed by atoms with Crippen LogP contribution in [0.3, 0.4) is 0 Å². The van der Waals surface area contributed by atoms with Crippen molar-refractivity contribution in [1.29, 1.82) is 0 Å². The Hall–Kier alpha value is -0.260. The van der Waals surface area contributed by atoms with E-state index in [1.54, 1.807) is 7.11 Å². The maximum atomic E-state index is 13.1. The summed E-state index contributed by atoms with van der Waals surface area (Å²) in [5, 5.41) is 10.3. The second-order valence-electron chi connectivity index (χ2n) is 5.73. The molecular weight excluding hydrogens is 228 g/mol. The topological polar surface area (TPSA) is 55.5 Å². The summed E-state index contributed by atoms with van der Waals surface area (Å²) in [4.78, 5) is 0. The number of halogens is 2. The zero-order valence-electron chi connectivity index (χ0n) is 10.8. The van der Waals surface area contributed by atoms with E-state index in [0.29, 0.717) is 12.8 Å². The highest BCUT2D eigenvalue weighted by Gasteiger charge is 2.48. The standard InChI is InChI=1S/C12H23F2NO2/c1-10(2,17-3)4-5-11(16)6-7-12(13,14)8-9(11)15/h9,16H,4-8,15H2,1-3H3. The number of methoxy groups -OCH3 is 1. The van der Waals surface area contributed by atoms with E-state index in [9.17, 15) is 13.9 Å². The largest absolute Gasteiger partial charge is 0.388 e. The van der Waals surface area contributed by atoms with E-state index >= 15 is 0 Å². The fraction of sp³-hybridized carbons (Fsp3) is 1.00. The molecule has 5 heteroatoms. The average molecular weight is 251 g/mol. The van der Waals surface area contributed by atoms with Crippen molar-refractivity contribution in [1.82, 2.24) is 0 Å². The molecule has 102 valence electrons. The Morgan fingerprint density at radius 1 is 1.41 bits per heavy atom. The van der Waals surface area contributed by atoms with Crippen LogP contribution in [-0.4, -0.2) is 35.4 Å². The SMILES string of the molecule is COC(C)(C)CCC1(O)CCC(F)(F)CC1N. The van der Waals surface area contributed by atoms with Gasteiger partial charge in [-0.1, -0.05) is 0 Å². The number of hydrogen-bond donors (Lipinski definition) is 2. The van der Waals surface area contributed by atoms with Crippen LogP contribution in [0.4, 0.5) is 8.78 Å². The summed E-state index contributed by atoms with van der Waals surface area (Å²) >= 11 is 0. The van der Waals surface area contributed by atoms with E-state index in [0.717, 1.165) is 0 Å². The van der Waals surface area contributed by atoms with Crippen LogP contribution in [0.15, 0.2) is 0 Å². The summed E-state index contributed by atoms with van der Waals surface area (Å²) in [5.74, 6) is -2.73. The highest BCUT2D eigenvalue weighted by Crippen LogP contribution is 2.40. The summed E-state index contributed by atoms with van der Waals surface area (Å²) in [6.45, 7) is 3.80. The van der Waals surface area contributed by atoms with Gasteiger partial charge in [-0.05, 0) is 33.1 Å². The first-order valence-corrected chi connectivity index (χ1v) is 6.01. The van der Waals surface area contributed by atoms with Gasteiger partial charge in [0.25, 0.3) is 0 Å². The van der Waals surface area contributed by atoms with Crippen LogP contribution in [0.2, 0.25) is 0 Å². The summed E-state index contributed by atoms with van der Waals surface area (Å²) in [7, 11) is 1.60. The molecule has 0 radical (unpaired) electrons. The molecule has 1 aliphatic rings. The van der Waals surface area contributed by atoms with Gasteiger partial charge in [0.1, 0.15) is 0 Å². The van der Waals surface area contributed by atoms with E-state index < -0.39 is 24.0 Å². The summed E-state index contributed by atoms with van der Waals surface area (Å²) in [6, 6.07) is -0.862. The van der Waals surface area contributed by atoms with Gasteiger partial charge in [-0.25, -0.2) is 8.78 Å². The lowest BCUT2D eigenvalue weighted by atomic mass is 9.75. The molecule has 17 heavy (non-hydrogen) atoms. The van der Waals surface area contributed by atoms with Crippen LogP contribution in [0.25, 0.3) is 0 Å². The van der Waals surface area contributed by atoms with Crippen molar-refractivity contribution < 1.29 is 18.6 Å². The van der Waals surface area contributed by atoms with Crippen molar-refractivity contribution in [3.63, 3.8) is 0 Å². The maximum Gasteiger partial charge on any atom is 0.249 e. The van der Waals surface area contributed by atoms with Gasteiger partial charge in [0.15, 0.2) is 0 Å². The van der Waals surface area contributed by atoms with Crippen LogP contribution in [-0.2, 0) is 4.74 Å². The predicted octanol–water partition coefficient (Wildman–Crippen LogP) is 2.07. The van der Waals surface area contributed by atoms with Crippen molar-refractivity contribution in [2.75, 3.05) is 7.11 Å². The molecular formula is C12H23F2NO2. The molecule has 1 fully saturated rings. The quantitative estimate of drug-likeness (QED) is 0.804. The molecule has 1 aliphatic carbocycles. The van der Waals surface area contributed by atoms with Gasteiger partial charge in [0.2, 0.25) is 5.92 Å². The Labute approximate surface area is 101 Å². The van der Waals surface area contributed by atoms with Gasteiger partial charge >= 0.3 is 0 Å². The van der Waals surface area contributed by atoms with Crippen molar-refractivity contribution in [2.45, 2.75) is 69.1 Å². The van der Waals surface area contributed by atoms with Gasteiger partial charge in [-0.15, -0.1) is 0 Å². The Morgan fingerprint density at radius 3 is 2.47 bits per heavy atom. The third-order valence-electron chi connectivity index (χ3n) is 3.84. The Bertz CT molecular complexity index is 271. The maximum absolute atomic E-state index is 13.1. The summed E-state index contributed by atoms with van der Waals surface area (Å²) in [5.41, 5.74) is 4.14. The van der Waals surface area contributed by atoms with Crippen molar-refractivity contribution in [3.05, 3.63) is 0 Å². The average Bonchev–Trinajstić information content (AvgIpc) is 2.22. The van der Waals surface area contributed by atoms with Crippen molar-refractivity contribution in [3.8, 4) is 0 Å². The third kappa shape index (κ3) is 3.86. The molecule has 0 aromatic carbocycles. The van der Waals surface area contributed by atoms with Gasteiger partial charge in [-0.2, -0.15) is 0 Å². The van der Waals surface area contributed by atoms with E-state index in [1.165, 1.54) is 0 Å². The first-order chi connectivity index (χ1) is 7.60. The zero-order valence-corrected chi connectivity index (χ0v) is 10.8. The molecule has 1 saturated carbocycles. The third-order valence-corrected chi connectivity index (χ3v) is 3.84. The summed E-state index contributed by atoms with van der Waals surface area (Å²) in [6.07, 6.45) is 0.326. The Balaban J connectivity index is 2.58. The van der Waals surface area contributed by atoms with E-state index in [2.05, 4.69) is 0 Å². The van der Waals surface area contributed by atoms with Crippen LogP contribution in [0, 0.1) is 0 Å². The summed E-state index contributed by atoms with van der Waals surface area (Å²) < 4.78 is 31.5. The molecule has 3 nitrogen and oxygen atoms in total. The number of ether oxygens (including phenoxy) is 1. The normalized spacial score (nSPS) is 33.7. The molecule has 0 aromatic heterocycles. The van der Waals surface area contributed by atoms with Crippen molar-refractivity contribution >= 4 is 0 Å². The predicted molar refractivity (Wildman–Crippen MR) is 62.0 cm³/mol. The zero-order chi connectivity index (χ0) is 13.3. The molecule has 0 aromatic rings. The fourth-order valence-electron chi connectivity index (χ4n) is 2.13. The van der Waals surface area contributed by atoms with Crippen LogP contribution < -0.4 is 5.73 Å². The lowest BCUT2D eigenvalue weighted by Gasteiger charge is -2.42. The van der Waals surface area contributed by atoms with Gasteiger partial charge in [0, 0.05) is 26.0 Å².